The molecule has 22 heavy (non-hydrogen) atoms. The molecule has 1 unspecified atom stereocenters. The fourth-order valence-electron chi connectivity index (χ4n) is 3.22. The quantitative estimate of drug-likeness (QED) is 0.867. The van der Waals surface area contributed by atoms with Crippen LogP contribution in [0.2, 0.25) is 0 Å². The molecule has 3 rings (SSSR count). The lowest BCUT2D eigenvalue weighted by atomic mass is 9.93. The minimum absolute atomic E-state index is 0.0453. The number of amides is 1. The molecule has 2 N–H and O–H groups in total. The van der Waals surface area contributed by atoms with E-state index in [1.807, 2.05) is 11.6 Å². The third-order valence-corrected chi connectivity index (χ3v) is 4.57. The number of aryl methyl sites for hydroxylation is 1. The molecular weight excluding hydrogens is 280 g/mol. The van der Waals surface area contributed by atoms with Gasteiger partial charge in [0.2, 0.25) is 5.91 Å². The van der Waals surface area contributed by atoms with Gasteiger partial charge < -0.3 is 15.4 Å². The van der Waals surface area contributed by atoms with E-state index >= 15 is 0 Å². The number of rotatable bonds is 3. The van der Waals surface area contributed by atoms with Crippen molar-refractivity contribution in [3.05, 3.63) is 17.5 Å². The highest BCUT2D eigenvalue weighted by atomic mass is 16.5. The van der Waals surface area contributed by atoms with Crippen LogP contribution in [-0.2, 0) is 22.4 Å². The maximum absolute atomic E-state index is 12.4. The number of nitrogens with zero attached hydrogens (tertiary/aromatic N) is 2. The average molecular weight is 306 g/mol. The van der Waals surface area contributed by atoms with Gasteiger partial charge in [-0.1, -0.05) is 0 Å². The van der Waals surface area contributed by atoms with Crippen molar-refractivity contribution in [1.82, 2.24) is 20.4 Å². The molecule has 0 spiro atoms. The number of carbonyl (C=O) groups excluding carboxylic acids is 1. The molecule has 2 heterocycles. The van der Waals surface area contributed by atoms with Crippen LogP contribution in [0.4, 0.5) is 0 Å². The van der Waals surface area contributed by atoms with Crippen LogP contribution in [0.25, 0.3) is 0 Å². The van der Waals surface area contributed by atoms with Crippen molar-refractivity contribution in [1.29, 1.82) is 0 Å². The highest BCUT2D eigenvalue weighted by Gasteiger charge is 2.31. The molecule has 1 aromatic heterocycles. The Morgan fingerprint density at radius 3 is 3.09 bits per heavy atom. The number of aromatic nitrogens is 2. The molecule has 1 aliphatic carbocycles. The summed E-state index contributed by atoms with van der Waals surface area (Å²) in [5.74, 6) is 0.0453. The summed E-state index contributed by atoms with van der Waals surface area (Å²) in [6.07, 6.45) is 4.86. The first-order valence-corrected chi connectivity index (χ1v) is 8.27. The largest absolute Gasteiger partial charge is 0.375 e. The summed E-state index contributed by atoms with van der Waals surface area (Å²) in [6.45, 7) is 7.61. The Labute approximate surface area is 131 Å². The molecule has 6 heteroatoms. The number of carbonyl (C=O) groups is 1. The predicted octanol–water partition coefficient (Wildman–Crippen LogP) is 0.814. The second-order valence-corrected chi connectivity index (χ2v) is 6.63. The molecule has 1 amide bonds. The molecular formula is C16H26N4O2. The number of hydrogen-bond acceptors (Lipinski definition) is 4. The summed E-state index contributed by atoms with van der Waals surface area (Å²) in [6, 6.07) is 0.304. The van der Waals surface area contributed by atoms with Crippen LogP contribution in [0.1, 0.15) is 44.5 Å². The predicted molar refractivity (Wildman–Crippen MR) is 83.8 cm³/mol. The Balaban J connectivity index is 1.61. The van der Waals surface area contributed by atoms with Gasteiger partial charge >= 0.3 is 0 Å². The maximum atomic E-state index is 12.4. The van der Waals surface area contributed by atoms with E-state index < -0.39 is 0 Å². The van der Waals surface area contributed by atoms with Crippen molar-refractivity contribution in [3.8, 4) is 0 Å². The standard InChI is InChI=1S/C16H26N4O2/c1-10(2)20-9-12-4-5-13(8-14(12)19-20)18-16(21)15-11(3)22-7-6-17-15/h9-11,13,15,17H,4-8H2,1-3H3,(H,18,21)/t11-,13?,15+/m1/s1. The van der Waals surface area contributed by atoms with Gasteiger partial charge in [0.05, 0.1) is 18.4 Å². The van der Waals surface area contributed by atoms with E-state index in [-0.39, 0.29) is 24.1 Å². The maximum Gasteiger partial charge on any atom is 0.240 e. The first-order chi connectivity index (χ1) is 10.5. The van der Waals surface area contributed by atoms with Gasteiger partial charge in [-0.2, -0.15) is 5.10 Å². The fourth-order valence-corrected chi connectivity index (χ4v) is 3.22. The van der Waals surface area contributed by atoms with Crippen molar-refractivity contribution in [2.45, 2.75) is 64.3 Å². The zero-order valence-corrected chi connectivity index (χ0v) is 13.6. The molecule has 6 nitrogen and oxygen atoms in total. The summed E-state index contributed by atoms with van der Waals surface area (Å²) in [7, 11) is 0. The van der Waals surface area contributed by atoms with Gasteiger partial charge in [0.25, 0.3) is 0 Å². The highest BCUT2D eigenvalue weighted by Crippen LogP contribution is 2.22. The van der Waals surface area contributed by atoms with Crippen molar-refractivity contribution in [2.24, 2.45) is 0 Å². The second-order valence-electron chi connectivity index (χ2n) is 6.63. The minimum Gasteiger partial charge on any atom is -0.375 e. The first-order valence-electron chi connectivity index (χ1n) is 8.27. The average Bonchev–Trinajstić information content (AvgIpc) is 2.91. The summed E-state index contributed by atoms with van der Waals surface area (Å²) in [4.78, 5) is 12.4. The van der Waals surface area contributed by atoms with Crippen LogP contribution in [0.3, 0.4) is 0 Å². The Kier molecular flexibility index (Phi) is 4.49. The smallest absolute Gasteiger partial charge is 0.240 e. The topological polar surface area (TPSA) is 68.2 Å². The Bertz CT molecular complexity index is 540. The van der Waals surface area contributed by atoms with Crippen LogP contribution >= 0.6 is 0 Å². The molecule has 122 valence electrons. The lowest BCUT2D eigenvalue weighted by Crippen LogP contribution is -2.57. The molecule has 0 saturated carbocycles. The van der Waals surface area contributed by atoms with Crippen LogP contribution < -0.4 is 10.6 Å². The van der Waals surface area contributed by atoms with Gasteiger partial charge in [0.1, 0.15) is 6.04 Å². The van der Waals surface area contributed by atoms with Gasteiger partial charge in [-0.05, 0) is 39.2 Å². The molecule has 3 atom stereocenters. The van der Waals surface area contributed by atoms with E-state index in [1.54, 1.807) is 0 Å². The van der Waals surface area contributed by atoms with E-state index in [2.05, 4.69) is 35.8 Å². The third-order valence-electron chi connectivity index (χ3n) is 4.57. The molecule has 1 aromatic rings. The molecule has 0 aromatic carbocycles. The number of nitrogens with one attached hydrogen (secondary N) is 2. The van der Waals surface area contributed by atoms with Crippen molar-refractivity contribution in [2.75, 3.05) is 13.2 Å². The molecule has 1 fully saturated rings. The zero-order valence-electron chi connectivity index (χ0n) is 13.6. The number of ether oxygens (including phenoxy) is 1. The molecule has 1 saturated heterocycles. The van der Waals surface area contributed by atoms with Gasteiger partial charge in [0, 0.05) is 31.2 Å². The summed E-state index contributed by atoms with van der Waals surface area (Å²) < 4.78 is 7.57. The Hall–Kier alpha value is -1.40. The highest BCUT2D eigenvalue weighted by molar-refractivity contribution is 5.82. The lowest BCUT2D eigenvalue weighted by Gasteiger charge is -2.31. The summed E-state index contributed by atoms with van der Waals surface area (Å²) in [5, 5.41) is 11.1. The Morgan fingerprint density at radius 2 is 2.36 bits per heavy atom. The van der Waals surface area contributed by atoms with Crippen molar-refractivity contribution >= 4 is 5.91 Å². The monoisotopic (exact) mass is 306 g/mol. The van der Waals surface area contributed by atoms with E-state index in [4.69, 9.17) is 4.74 Å². The van der Waals surface area contributed by atoms with Crippen LogP contribution in [-0.4, -0.2) is 47.0 Å². The van der Waals surface area contributed by atoms with Crippen molar-refractivity contribution < 1.29 is 9.53 Å². The Morgan fingerprint density at radius 1 is 1.55 bits per heavy atom. The van der Waals surface area contributed by atoms with Gasteiger partial charge in [0.15, 0.2) is 0 Å². The number of fused-ring (bicyclic) bond motifs is 1. The van der Waals surface area contributed by atoms with E-state index in [9.17, 15) is 4.79 Å². The first kappa shape index (κ1) is 15.5. The van der Waals surface area contributed by atoms with Crippen LogP contribution in [0.5, 0.6) is 0 Å². The SMILES string of the molecule is CC(C)n1cc2c(n1)CC(NC(=O)[C@H]1NCCO[C@@H]1C)CC2. The third kappa shape index (κ3) is 3.17. The number of hydrogen-bond donors (Lipinski definition) is 2. The zero-order chi connectivity index (χ0) is 15.7. The normalized spacial score (nSPS) is 28.5. The fraction of sp³-hybridized carbons (Fsp3) is 0.750. The van der Waals surface area contributed by atoms with Crippen LogP contribution in [0.15, 0.2) is 6.20 Å². The van der Waals surface area contributed by atoms with Crippen LogP contribution in [0, 0.1) is 0 Å². The lowest BCUT2D eigenvalue weighted by molar-refractivity contribution is -0.129. The number of morpholine rings is 1. The molecule has 1 aliphatic heterocycles. The van der Waals surface area contributed by atoms with E-state index in [1.165, 1.54) is 5.56 Å². The molecule has 2 aliphatic rings. The van der Waals surface area contributed by atoms with E-state index in [0.717, 1.165) is 31.5 Å². The summed E-state index contributed by atoms with van der Waals surface area (Å²) in [5.41, 5.74) is 2.46. The van der Waals surface area contributed by atoms with E-state index in [0.29, 0.717) is 12.6 Å². The minimum atomic E-state index is -0.247. The van der Waals surface area contributed by atoms with Crippen molar-refractivity contribution in [3.63, 3.8) is 0 Å². The second kappa shape index (κ2) is 6.38. The molecule has 0 radical (unpaired) electrons. The van der Waals surface area contributed by atoms with Gasteiger partial charge in [-0.15, -0.1) is 0 Å². The van der Waals surface area contributed by atoms with Gasteiger partial charge in [-0.25, -0.2) is 0 Å². The summed E-state index contributed by atoms with van der Waals surface area (Å²) >= 11 is 0. The molecule has 0 bridgehead atoms. The van der Waals surface area contributed by atoms with Gasteiger partial charge in [-0.3, -0.25) is 9.48 Å².